The fraction of sp³-hybridized carbons (Fsp3) is 0.800. The SMILES string of the molecule is CCCCCC/C=C\CCCCCCCC(=O)NCCCC(=O)O. The van der Waals surface area contributed by atoms with E-state index < -0.39 is 5.97 Å². The number of amides is 1. The molecule has 0 aromatic carbocycles. The third-order valence-electron chi connectivity index (χ3n) is 4.06. The zero-order chi connectivity index (χ0) is 17.9. The first kappa shape index (κ1) is 22.7. The number of rotatable bonds is 17. The fourth-order valence-corrected chi connectivity index (χ4v) is 2.56. The Morgan fingerprint density at radius 1 is 0.792 bits per heavy atom. The van der Waals surface area contributed by atoms with E-state index in [1.165, 1.54) is 57.8 Å². The quantitative estimate of drug-likeness (QED) is 0.282. The Kier molecular flexibility index (Phi) is 17.0. The van der Waals surface area contributed by atoms with Crippen LogP contribution < -0.4 is 5.32 Å². The summed E-state index contributed by atoms with van der Waals surface area (Å²) in [6, 6.07) is 0. The predicted octanol–water partition coefficient (Wildman–Crippen LogP) is 5.22. The van der Waals surface area contributed by atoms with Gasteiger partial charge in [-0.15, -0.1) is 0 Å². The van der Waals surface area contributed by atoms with Gasteiger partial charge in [0.05, 0.1) is 0 Å². The number of carboxylic acid groups (broad SMARTS) is 1. The van der Waals surface area contributed by atoms with Gasteiger partial charge in [0, 0.05) is 19.4 Å². The Hall–Kier alpha value is -1.32. The van der Waals surface area contributed by atoms with Gasteiger partial charge in [-0.2, -0.15) is 0 Å². The summed E-state index contributed by atoms with van der Waals surface area (Å²) in [5.41, 5.74) is 0. The summed E-state index contributed by atoms with van der Waals surface area (Å²) in [7, 11) is 0. The van der Waals surface area contributed by atoms with Crippen molar-refractivity contribution in [2.45, 2.75) is 96.8 Å². The molecule has 0 aliphatic rings. The smallest absolute Gasteiger partial charge is 0.303 e. The minimum atomic E-state index is -0.810. The van der Waals surface area contributed by atoms with Crippen molar-refractivity contribution < 1.29 is 14.7 Å². The molecular weight excluding hydrogens is 302 g/mol. The average molecular weight is 340 g/mol. The number of carbonyl (C=O) groups excluding carboxylic acids is 1. The lowest BCUT2D eigenvalue weighted by Crippen LogP contribution is -2.24. The molecule has 0 fully saturated rings. The number of aliphatic carboxylic acids is 1. The van der Waals surface area contributed by atoms with E-state index in [0.717, 1.165) is 12.8 Å². The van der Waals surface area contributed by atoms with Crippen molar-refractivity contribution in [3.63, 3.8) is 0 Å². The molecule has 1 amide bonds. The van der Waals surface area contributed by atoms with Crippen LogP contribution in [-0.2, 0) is 9.59 Å². The molecule has 0 aromatic heterocycles. The number of carbonyl (C=O) groups is 2. The molecule has 140 valence electrons. The number of nitrogens with one attached hydrogen (secondary N) is 1. The van der Waals surface area contributed by atoms with E-state index in [9.17, 15) is 9.59 Å². The lowest BCUT2D eigenvalue weighted by Gasteiger charge is -2.04. The largest absolute Gasteiger partial charge is 0.481 e. The van der Waals surface area contributed by atoms with Crippen molar-refractivity contribution in [1.29, 1.82) is 0 Å². The average Bonchev–Trinajstić information content (AvgIpc) is 2.55. The van der Waals surface area contributed by atoms with Gasteiger partial charge < -0.3 is 10.4 Å². The van der Waals surface area contributed by atoms with Crippen LogP contribution in [0.1, 0.15) is 96.8 Å². The first-order valence-corrected chi connectivity index (χ1v) is 9.80. The van der Waals surface area contributed by atoms with Crippen LogP contribution in [0.2, 0.25) is 0 Å². The van der Waals surface area contributed by atoms with Crippen molar-refractivity contribution >= 4 is 11.9 Å². The van der Waals surface area contributed by atoms with E-state index >= 15 is 0 Å². The summed E-state index contributed by atoms with van der Waals surface area (Å²) in [5, 5.41) is 11.3. The van der Waals surface area contributed by atoms with Crippen LogP contribution in [0.25, 0.3) is 0 Å². The van der Waals surface area contributed by atoms with Crippen LogP contribution in [0.15, 0.2) is 12.2 Å². The monoisotopic (exact) mass is 339 g/mol. The van der Waals surface area contributed by atoms with Crippen LogP contribution in [-0.4, -0.2) is 23.5 Å². The molecular formula is C20H37NO3. The highest BCUT2D eigenvalue weighted by atomic mass is 16.4. The summed E-state index contributed by atoms with van der Waals surface area (Å²) in [5.74, 6) is -0.762. The molecule has 0 heterocycles. The summed E-state index contributed by atoms with van der Waals surface area (Å²) < 4.78 is 0. The normalized spacial score (nSPS) is 11.0. The highest BCUT2D eigenvalue weighted by Gasteiger charge is 2.01. The molecule has 0 bridgehead atoms. The Morgan fingerprint density at radius 2 is 1.38 bits per heavy atom. The molecule has 4 heteroatoms. The van der Waals surface area contributed by atoms with E-state index in [2.05, 4.69) is 24.4 Å². The van der Waals surface area contributed by atoms with Gasteiger partial charge in [-0.25, -0.2) is 0 Å². The maximum atomic E-state index is 11.5. The molecule has 0 radical (unpaired) electrons. The first-order valence-electron chi connectivity index (χ1n) is 9.80. The van der Waals surface area contributed by atoms with E-state index in [4.69, 9.17) is 5.11 Å². The standard InChI is InChI=1S/C20H37NO3/c1-2-3-4-5-6-7-8-9-10-11-12-13-14-16-19(22)21-18-15-17-20(23)24/h7-8H,2-6,9-18H2,1H3,(H,21,22)(H,23,24)/b8-7-. The number of hydrogen-bond acceptors (Lipinski definition) is 2. The highest BCUT2D eigenvalue weighted by Crippen LogP contribution is 2.08. The molecule has 0 aromatic rings. The first-order chi connectivity index (χ1) is 11.7. The second-order valence-corrected chi connectivity index (χ2v) is 6.47. The topological polar surface area (TPSA) is 66.4 Å². The third kappa shape index (κ3) is 18.7. The third-order valence-corrected chi connectivity index (χ3v) is 4.06. The molecule has 0 unspecified atom stereocenters. The van der Waals surface area contributed by atoms with Gasteiger partial charge in [0.2, 0.25) is 5.91 Å². The maximum Gasteiger partial charge on any atom is 0.303 e. The van der Waals surface area contributed by atoms with E-state index in [1.54, 1.807) is 0 Å². The van der Waals surface area contributed by atoms with Crippen molar-refractivity contribution in [3.8, 4) is 0 Å². The highest BCUT2D eigenvalue weighted by molar-refractivity contribution is 5.75. The molecule has 0 rings (SSSR count). The lowest BCUT2D eigenvalue weighted by molar-refractivity contribution is -0.137. The molecule has 0 saturated heterocycles. The van der Waals surface area contributed by atoms with E-state index in [1.807, 2.05) is 0 Å². The zero-order valence-corrected chi connectivity index (χ0v) is 15.5. The second kappa shape index (κ2) is 18.0. The summed E-state index contributed by atoms with van der Waals surface area (Å²) in [6.07, 6.45) is 19.3. The van der Waals surface area contributed by atoms with Crippen molar-refractivity contribution in [2.24, 2.45) is 0 Å². The Labute approximate surface area is 148 Å². The van der Waals surface area contributed by atoms with Crippen molar-refractivity contribution in [3.05, 3.63) is 12.2 Å². The number of hydrogen-bond donors (Lipinski definition) is 2. The predicted molar refractivity (Wildman–Crippen MR) is 100 cm³/mol. The van der Waals surface area contributed by atoms with Crippen LogP contribution in [0.4, 0.5) is 0 Å². The van der Waals surface area contributed by atoms with Crippen LogP contribution >= 0.6 is 0 Å². The molecule has 2 N–H and O–H groups in total. The van der Waals surface area contributed by atoms with Gasteiger partial charge in [-0.3, -0.25) is 9.59 Å². The summed E-state index contributed by atoms with van der Waals surface area (Å²) >= 11 is 0. The second-order valence-electron chi connectivity index (χ2n) is 6.47. The van der Waals surface area contributed by atoms with Gasteiger partial charge in [0.25, 0.3) is 0 Å². The lowest BCUT2D eigenvalue weighted by atomic mass is 10.1. The van der Waals surface area contributed by atoms with Gasteiger partial charge in [0.15, 0.2) is 0 Å². The van der Waals surface area contributed by atoms with Crippen LogP contribution in [0.3, 0.4) is 0 Å². The number of unbranched alkanes of at least 4 members (excludes halogenated alkanes) is 9. The van der Waals surface area contributed by atoms with Gasteiger partial charge in [0.1, 0.15) is 0 Å². The Morgan fingerprint density at radius 3 is 2.00 bits per heavy atom. The fourth-order valence-electron chi connectivity index (χ4n) is 2.56. The van der Waals surface area contributed by atoms with E-state index in [-0.39, 0.29) is 12.3 Å². The van der Waals surface area contributed by atoms with Gasteiger partial charge in [-0.05, 0) is 38.5 Å². The van der Waals surface area contributed by atoms with E-state index in [0.29, 0.717) is 19.4 Å². The Bertz CT molecular complexity index is 340. The minimum absolute atomic E-state index is 0.0476. The molecule has 0 saturated carbocycles. The maximum absolute atomic E-state index is 11.5. The molecule has 0 atom stereocenters. The van der Waals surface area contributed by atoms with Gasteiger partial charge >= 0.3 is 5.97 Å². The molecule has 24 heavy (non-hydrogen) atoms. The van der Waals surface area contributed by atoms with Crippen molar-refractivity contribution in [1.82, 2.24) is 5.32 Å². The van der Waals surface area contributed by atoms with Crippen molar-refractivity contribution in [2.75, 3.05) is 6.54 Å². The molecule has 0 aliphatic heterocycles. The van der Waals surface area contributed by atoms with Crippen LogP contribution in [0, 0.1) is 0 Å². The molecule has 4 nitrogen and oxygen atoms in total. The molecule has 0 spiro atoms. The number of allylic oxidation sites excluding steroid dienone is 2. The minimum Gasteiger partial charge on any atom is -0.481 e. The molecule has 0 aliphatic carbocycles. The zero-order valence-electron chi connectivity index (χ0n) is 15.5. The summed E-state index contributed by atoms with van der Waals surface area (Å²) in [4.78, 5) is 21.9. The van der Waals surface area contributed by atoms with Crippen LogP contribution in [0.5, 0.6) is 0 Å². The summed E-state index contributed by atoms with van der Waals surface area (Å²) in [6.45, 7) is 2.71. The Balaban J connectivity index is 3.22. The number of carboxylic acids is 1. The van der Waals surface area contributed by atoms with Gasteiger partial charge in [-0.1, -0.05) is 57.6 Å².